The normalized spacial score (nSPS) is 11.5. The Morgan fingerprint density at radius 1 is 1.37 bits per heavy atom. The number of nitrogens with two attached hydrogens (primary N) is 1. The maximum Gasteiger partial charge on any atom is 0.319 e. The first-order valence-corrected chi connectivity index (χ1v) is 6.46. The predicted molar refractivity (Wildman–Crippen MR) is 75.5 cm³/mol. The third-order valence-electron chi connectivity index (χ3n) is 2.08. The van der Waals surface area contributed by atoms with Crippen LogP contribution in [-0.4, -0.2) is 22.7 Å². The molecule has 1 aromatic rings. The Morgan fingerprint density at radius 3 is 2.53 bits per heavy atom. The first-order chi connectivity index (χ1) is 8.81. The molecule has 0 heterocycles. The van der Waals surface area contributed by atoms with Crippen LogP contribution in [0.15, 0.2) is 18.2 Å². The van der Waals surface area contributed by atoms with Crippen molar-refractivity contribution in [1.82, 2.24) is 5.32 Å². The fourth-order valence-corrected chi connectivity index (χ4v) is 1.46. The molecule has 0 saturated heterocycles. The lowest BCUT2D eigenvalue weighted by Crippen LogP contribution is -2.35. The molecule has 0 aliphatic heterocycles. The van der Waals surface area contributed by atoms with Gasteiger partial charge in [-0.2, -0.15) is 0 Å². The molecule has 1 unspecified atom stereocenters. The molecule has 0 aromatic heterocycles. The SMILES string of the molecule is CC(Br)C(=O)Nc1cc(C(=O)NC(N)=O)ccc1Cl. The summed E-state index contributed by atoms with van der Waals surface area (Å²) in [6.45, 7) is 1.65. The van der Waals surface area contributed by atoms with Crippen molar-refractivity contribution in [2.24, 2.45) is 5.73 Å². The van der Waals surface area contributed by atoms with Gasteiger partial charge in [0.1, 0.15) is 0 Å². The first-order valence-electron chi connectivity index (χ1n) is 5.16. The van der Waals surface area contributed by atoms with Crippen LogP contribution in [-0.2, 0) is 4.79 Å². The van der Waals surface area contributed by atoms with Crippen LogP contribution in [0, 0.1) is 0 Å². The van der Waals surface area contributed by atoms with Gasteiger partial charge < -0.3 is 11.1 Å². The lowest BCUT2D eigenvalue weighted by atomic mass is 10.2. The summed E-state index contributed by atoms with van der Waals surface area (Å²) in [5.41, 5.74) is 5.27. The van der Waals surface area contributed by atoms with E-state index in [0.717, 1.165) is 0 Å². The lowest BCUT2D eigenvalue weighted by Gasteiger charge is -2.10. The van der Waals surface area contributed by atoms with E-state index in [1.807, 2.05) is 5.32 Å². The summed E-state index contributed by atoms with van der Waals surface area (Å²) in [6.07, 6.45) is 0. The molecule has 8 heteroatoms. The highest BCUT2D eigenvalue weighted by molar-refractivity contribution is 9.10. The summed E-state index contributed by atoms with van der Waals surface area (Å²) in [7, 11) is 0. The quantitative estimate of drug-likeness (QED) is 0.727. The van der Waals surface area contributed by atoms with E-state index in [1.54, 1.807) is 6.92 Å². The summed E-state index contributed by atoms with van der Waals surface area (Å²) in [5.74, 6) is -0.985. The minimum atomic E-state index is -0.959. The van der Waals surface area contributed by atoms with Gasteiger partial charge in [-0.3, -0.25) is 14.9 Å². The highest BCUT2D eigenvalue weighted by Crippen LogP contribution is 2.23. The molecule has 19 heavy (non-hydrogen) atoms. The monoisotopic (exact) mass is 347 g/mol. The van der Waals surface area contributed by atoms with E-state index in [-0.39, 0.29) is 22.2 Å². The number of imide groups is 1. The van der Waals surface area contributed by atoms with E-state index < -0.39 is 16.8 Å². The van der Waals surface area contributed by atoms with Crippen LogP contribution in [0.3, 0.4) is 0 Å². The van der Waals surface area contributed by atoms with Crippen LogP contribution >= 0.6 is 27.5 Å². The van der Waals surface area contributed by atoms with Crippen molar-refractivity contribution < 1.29 is 14.4 Å². The molecule has 1 rings (SSSR count). The second-order valence-electron chi connectivity index (χ2n) is 3.62. The maximum absolute atomic E-state index is 11.6. The van der Waals surface area contributed by atoms with Crippen molar-refractivity contribution in [2.45, 2.75) is 11.8 Å². The van der Waals surface area contributed by atoms with E-state index in [2.05, 4.69) is 21.2 Å². The Hall–Kier alpha value is -1.60. The van der Waals surface area contributed by atoms with Crippen LogP contribution in [0.5, 0.6) is 0 Å². The van der Waals surface area contributed by atoms with Gasteiger partial charge >= 0.3 is 6.03 Å². The molecule has 0 saturated carbocycles. The van der Waals surface area contributed by atoms with Crippen LogP contribution < -0.4 is 16.4 Å². The van der Waals surface area contributed by atoms with E-state index in [1.165, 1.54) is 18.2 Å². The molecule has 1 aromatic carbocycles. The van der Waals surface area contributed by atoms with Crippen molar-refractivity contribution in [3.05, 3.63) is 28.8 Å². The van der Waals surface area contributed by atoms with E-state index >= 15 is 0 Å². The molecule has 0 aliphatic rings. The highest BCUT2D eigenvalue weighted by Gasteiger charge is 2.14. The zero-order valence-corrected chi connectivity index (χ0v) is 12.2. The molecule has 1 atom stereocenters. The standard InChI is InChI=1S/C11H11BrClN3O3/c1-5(12)9(17)15-8-4-6(2-3-7(8)13)10(18)16-11(14)19/h2-5H,1H3,(H,15,17)(H3,14,16,18,19). The zero-order chi connectivity index (χ0) is 14.6. The van der Waals surface area contributed by atoms with Gasteiger partial charge in [0.2, 0.25) is 5.91 Å². The minimum Gasteiger partial charge on any atom is -0.351 e. The minimum absolute atomic E-state index is 0.153. The Labute approximate surface area is 122 Å². The van der Waals surface area contributed by atoms with Gasteiger partial charge in [-0.15, -0.1) is 0 Å². The number of anilines is 1. The number of carbonyl (C=O) groups is 3. The second-order valence-corrected chi connectivity index (χ2v) is 5.40. The predicted octanol–water partition coefficient (Wildman–Crippen LogP) is 1.87. The number of halogens is 2. The van der Waals surface area contributed by atoms with Crippen LogP contribution in [0.2, 0.25) is 5.02 Å². The van der Waals surface area contributed by atoms with E-state index in [4.69, 9.17) is 17.3 Å². The number of hydrogen-bond donors (Lipinski definition) is 3. The van der Waals surface area contributed by atoms with Crippen molar-refractivity contribution in [3.8, 4) is 0 Å². The van der Waals surface area contributed by atoms with Gasteiger partial charge in [-0.25, -0.2) is 4.79 Å². The summed E-state index contributed by atoms with van der Waals surface area (Å²) in [4.78, 5) is 33.3. The number of primary amides is 1. The number of hydrogen-bond acceptors (Lipinski definition) is 3. The Bertz CT molecular complexity index is 534. The van der Waals surface area contributed by atoms with Gasteiger partial charge in [0.05, 0.1) is 15.5 Å². The number of amides is 4. The molecule has 0 fully saturated rings. The average molecular weight is 349 g/mol. The van der Waals surface area contributed by atoms with Crippen LogP contribution in [0.25, 0.3) is 0 Å². The van der Waals surface area contributed by atoms with Crippen molar-refractivity contribution in [3.63, 3.8) is 0 Å². The lowest BCUT2D eigenvalue weighted by molar-refractivity contribution is -0.115. The largest absolute Gasteiger partial charge is 0.351 e. The molecular formula is C11H11BrClN3O3. The molecule has 102 valence electrons. The molecule has 0 aliphatic carbocycles. The van der Waals surface area contributed by atoms with Gasteiger partial charge in [-0.05, 0) is 25.1 Å². The number of benzene rings is 1. The molecule has 4 amide bonds. The fourth-order valence-electron chi connectivity index (χ4n) is 1.18. The summed E-state index contributed by atoms with van der Waals surface area (Å²) >= 11 is 9.01. The van der Waals surface area contributed by atoms with Crippen molar-refractivity contribution >= 4 is 51.1 Å². The molecule has 0 bridgehead atoms. The number of rotatable bonds is 3. The third kappa shape index (κ3) is 4.53. The fraction of sp³-hybridized carbons (Fsp3) is 0.182. The topological polar surface area (TPSA) is 101 Å². The van der Waals surface area contributed by atoms with Crippen molar-refractivity contribution in [2.75, 3.05) is 5.32 Å². The molecule has 6 nitrogen and oxygen atoms in total. The van der Waals surface area contributed by atoms with E-state index in [9.17, 15) is 14.4 Å². The number of urea groups is 1. The first kappa shape index (κ1) is 15.5. The Balaban J connectivity index is 2.97. The number of alkyl halides is 1. The summed E-state index contributed by atoms with van der Waals surface area (Å²) in [6, 6.07) is 3.24. The van der Waals surface area contributed by atoms with Crippen LogP contribution in [0.1, 0.15) is 17.3 Å². The summed E-state index contributed by atoms with van der Waals surface area (Å²) in [5, 5.41) is 4.74. The third-order valence-corrected chi connectivity index (χ3v) is 2.83. The molecule has 4 N–H and O–H groups in total. The maximum atomic E-state index is 11.6. The smallest absolute Gasteiger partial charge is 0.319 e. The zero-order valence-electron chi connectivity index (χ0n) is 9.87. The molecule has 0 radical (unpaired) electrons. The van der Waals surface area contributed by atoms with Gasteiger partial charge in [0, 0.05) is 5.56 Å². The van der Waals surface area contributed by atoms with Gasteiger partial charge in [0.25, 0.3) is 5.91 Å². The Kier molecular flexibility index (Phi) is 5.31. The number of nitrogens with one attached hydrogen (secondary N) is 2. The Morgan fingerprint density at radius 2 is 2.00 bits per heavy atom. The van der Waals surface area contributed by atoms with Gasteiger partial charge in [-0.1, -0.05) is 27.5 Å². The van der Waals surface area contributed by atoms with Crippen LogP contribution in [0.4, 0.5) is 10.5 Å². The number of carbonyl (C=O) groups excluding carboxylic acids is 3. The van der Waals surface area contributed by atoms with Crippen molar-refractivity contribution in [1.29, 1.82) is 0 Å². The molecular weight excluding hydrogens is 337 g/mol. The second kappa shape index (κ2) is 6.53. The van der Waals surface area contributed by atoms with E-state index in [0.29, 0.717) is 0 Å². The molecule has 0 spiro atoms. The average Bonchev–Trinajstić information content (AvgIpc) is 2.30. The van der Waals surface area contributed by atoms with Gasteiger partial charge in [0.15, 0.2) is 0 Å². The summed E-state index contributed by atoms with van der Waals surface area (Å²) < 4.78 is 0. The highest BCUT2D eigenvalue weighted by atomic mass is 79.9.